The van der Waals surface area contributed by atoms with Crippen molar-refractivity contribution in [2.45, 2.75) is 45.8 Å². The van der Waals surface area contributed by atoms with Gasteiger partial charge in [0.25, 0.3) is 0 Å². The van der Waals surface area contributed by atoms with Gasteiger partial charge in [-0.25, -0.2) is 0 Å². The van der Waals surface area contributed by atoms with E-state index in [-0.39, 0.29) is 17.4 Å². The molecule has 1 amide bonds. The second-order valence-electron chi connectivity index (χ2n) is 5.73. The Balaban J connectivity index is 2.13. The first kappa shape index (κ1) is 15.0. The minimum absolute atomic E-state index is 0.0129. The third-order valence-corrected chi connectivity index (χ3v) is 4.83. The minimum Gasteiger partial charge on any atom is -0.379 e. The maximum atomic E-state index is 12.5. The standard InChI is InChI=1S/C17H25NO2/c1-4-17(5-2)11-16(19)18(13-15(17)20-3)12-14-9-7-6-8-10-14/h6-10,15H,4-5,11-13H2,1-3H3. The molecular formula is C17H25NO2. The topological polar surface area (TPSA) is 29.5 Å². The molecule has 1 aromatic carbocycles. The van der Waals surface area contributed by atoms with E-state index in [0.29, 0.717) is 19.5 Å². The van der Waals surface area contributed by atoms with Crippen LogP contribution in [-0.2, 0) is 16.1 Å². The average molecular weight is 275 g/mol. The summed E-state index contributed by atoms with van der Waals surface area (Å²) in [7, 11) is 1.77. The Labute approximate surface area is 121 Å². The molecule has 110 valence electrons. The van der Waals surface area contributed by atoms with E-state index >= 15 is 0 Å². The highest BCUT2D eigenvalue weighted by atomic mass is 16.5. The van der Waals surface area contributed by atoms with E-state index in [1.54, 1.807) is 7.11 Å². The van der Waals surface area contributed by atoms with Gasteiger partial charge < -0.3 is 9.64 Å². The van der Waals surface area contributed by atoms with Crippen molar-refractivity contribution in [3.05, 3.63) is 35.9 Å². The van der Waals surface area contributed by atoms with Crippen LogP contribution in [0.1, 0.15) is 38.7 Å². The summed E-state index contributed by atoms with van der Waals surface area (Å²) in [6.45, 7) is 5.71. The lowest BCUT2D eigenvalue weighted by Gasteiger charge is -2.46. The number of benzene rings is 1. The number of carbonyl (C=O) groups excluding carboxylic acids is 1. The van der Waals surface area contributed by atoms with E-state index < -0.39 is 0 Å². The molecule has 0 spiro atoms. The molecule has 1 saturated heterocycles. The highest BCUT2D eigenvalue weighted by Crippen LogP contribution is 2.40. The van der Waals surface area contributed by atoms with Crippen molar-refractivity contribution < 1.29 is 9.53 Å². The van der Waals surface area contributed by atoms with Crippen LogP contribution in [0.2, 0.25) is 0 Å². The van der Waals surface area contributed by atoms with Crippen molar-refractivity contribution in [3.8, 4) is 0 Å². The minimum atomic E-state index is 0.0129. The molecule has 1 heterocycles. The van der Waals surface area contributed by atoms with Gasteiger partial charge in [0, 0.05) is 32.0 Å². The summed E-state index contributed by atoms with van der Waals surface area (Å²) in [5.74, 6) is 0.255. The Bertz CT molecular complexity index is 440. The smallest absolute Gasteiger partial charge is 0.223 e. The van der Waals surface area contributed by atoms with Gasteiger partial charge in [-0.3, -0.25) is 4.79 Å². The van der Waals surface area contributed by atoms with E-state index in [2.05, 4.69) is 26.0 Å². The fourth-order valence-electron chi connectivity index (χ4n) is 3.26. The first-order chi connectivity index (χ1) is 9.65. The van der Waals surface area contributed by atoms with Crippen LogP contribution in [0.25, 0.3) is 0 Å². The lowest BCUT2D eigenvalue weighted by atomic mass is 9.71. The highest BCUT2D eigenvalue weighted by molar-refractivity contribution is 5.78. The van der Waals surface area contributed by atoms with Crippen molar-refractivity contribution in [2.75, 3.05) is 13.7 Å². The van der Waals surface area contributed by atoms with Crippen LogP contribution in [-0.4, -0.2) is 30.6 Å². The first-order valence-electron chi connectivity index (χ1n) is 7.49. The molecule has 1 aliphatic rings. The van der Waals surface area contributed by atoms with Crippen LogP contribution in [0.3, 0.4) is 0 Å². The summed E-state index contributed by atoms with van der Waals surface area (Å²) in [5, 5.41) is 0. The molecule has 0 radical (unpaired) electrons. The zero-order valence-corrected chi connectivity index (χ0v) is 12.8. The fraction of sp³-hybridized carbons (Fsp3) is 0.588. The monoisotopic (exact) mass is 275 g/mol. The van der Waals surface area contributed by atoms with E-state index in [1.807, 2.05) is 23.1 Å². The maximum absolute atomic E-state index is 12.5. The molecule has 0 N–H and O–H groups in total. The van der Waals surface area contributed by atoms with Gasteiger partial charge in [0.05, 0.1) is 6.10 Å². The number of nitrogens with zero attached hydrogens (tertiary/aromatic N) is 1. The average Bonchev–Trinajstić information content (AvgIpc) is 2.50. The number of hydrogen-bond acceptors (Lipinski definition) is 2. The number of carbonyl (C=O) groups is 1. The van der Waals surface area contributed by atoms with Gasteiger partial charge in [-0.1, -0.05) is 44.2 Å². The second-order valence-corrected chi connectivity index (χ2v) is 5.73. The summed E-state index contributed by atoms with van der Waals surface area (Å²) in [5.41, 5.74) is 1.19. The molecule has 0 saturated carbocycles. The molecule has 2 rings (SSSR count). The third-order valence-electron chi connectivity index (χ3n) is 4.83. The van der Waals surface area contributed by atoms with E-state index in [0.717, 1.165) is 12.8 Å². The van der Waals surface area contributed by atoms with Crippen LogP contribution in [0.5, 0.6) is 0 Å². The number of methoxy groups -OCH3 is 1. The summed E-state index contributed by atoms with van der Waals surface area (Å²) >= 11 is 0. The van der Waals surface area contributed by atoms with Crippen LogP contribution in [0.15, 0.2) is 30.3 Å². The molecule has 1 aliphatic heterocycles. The molecule has 0 aromatic heterocycles. The summed E-state index contributed by atoms with van der Waals surface area (Å²) < 4.78 is 5.71. The van der Waals surface area contributed by atoms with Crippen molar-refractivity contribution >= 4 is 5.91 Å². The Morgan fingerprint density at radius 1 is 1.25 bits per heavy atom. The number of piperidine rings is 1. The summed E-state index contributed by atoms with van der Waals surface area (Å²) in [4.78, 5) is 14.4. The Hall–Kier alpha value is -1.35. The molecule has 1 atom stereocenters. The Morgan fingerprint density at radius 2 is 1.90 bits per heavy atom. The lowest BCUT2D eigenvalue weighted by Crippen LogP contribution is -2.53. The molecule has 1 fully saturated rings. The number of likely N-dealkylation sites (tertiary alicyclic amines) is 1. The maximum Gasteiger partial charge on any atom is 0.223 e. The van der Waals surface area contributed by atoms with Gasteiger partial charge in [-0.2, -0.15) is 0 Å². The summed E-state index contributed by atoms with van der Waals surface area (Å²) in [6, 6.07) is 10.2. The Morgan fingerprint density at radius 3 is 2.45 bits per heavy atom. The van der Waals surface area contributed by atoms with Crippen LogP contribution >= 0.6 is 0 Å². The lowest BCUT2D eigenvalue weighted by molar-refractivity contribution is -0.151. The van der Waals surface area contributed by atoms with E-state index in [9.17, 15) is 4.79 Å². The SMILES string of the molecule is CCC1(CC)CC(=O)N(Cc2ccccc2)CC1OC. The van der Waals surface area contributed by atoms with Gasteiger partial charge in [-0.05, 0) is 18.4 Å². The predicted octanol–water partition coefficient (Wildman–Crippen LogP) is 3.24. The van der Waals surface area contributed by atoms with Crippen molar-refractivity contribution in [2.24, 2.45) is 5.41 Å². The number of hydrogen-bond donors (Lipinski definition) is 0. The third kappa shape index (κ3) is 2.88. The predicted molar refractivity (Wildman–Crippen MR) is 80.3 cm³/mol. The van der Waals surface area contributed by atoms with Gasteiger partial charge in [-0.15, -0.1) is 0 Å². The van der Waals surface area contributed by atoms with Crippen molar-refractivity contribution in [1.29, 1.82) is 0 Å². The fourth-order valence-corrected chi connectivity index (χ4v) is 3.26. The van der Waals surface area contributed by atoms with Gasteiger partial charge >= 0.3 is 0 Å². The quantitative estimate of drug-likeness (QED) is 0.825. The van der Waals surface area contributed by atoms with Crippen molar-refractivity contribution in [3.63, 3.8) is 0 Å². The highest BCUT2D eigenvalue weighted by Gasteiger charge is 2.44. The zero-order valence-electron chi connectivity index (χ0n) is 12.8. The number of rotatable bonds is 5. The molecule has 3 heteroatoms. The first-order valence-corrected chi connectivity index (χ1v) is 7.49. The van der Waals surface area contributed by atoms with Gasteiger partial charge in [0.1, 0.15) is 0 Å². The molecule has 1 unspecified atom stereocenters. The van der Waals surface area contributed by atoms with Gasteiger partial charge in [0.2, 0.25) is 5.91 Å². The zero-order chi connectivity index (χ0) is 14.6. The second kappa shape index (κ2) is 6.40. The van der Waals surface area contributed by atoms with Crippen molar-refractivity contribution in [1.82, 2.24) is 4.90 Å². The number of ether oxygens (including phenoxy) is 1. The summed E-state index contributed by atoms with van der Waals surface area (Å²) in [6.07, 6.45) is 2.73. The van der Waals surface area contributed by atoms with Crippen LogP contribution < -0.4 is 0 Å². The van der Waals surface area contributed by atoms with Crippen LogP contribution in [0, 0.1) is 5.41 Å². The van der Waals surface area contributed by atoms with Crippen LogP contribution in [0.4, 0.5) is 0 Å². The molecule has 0 aliphatic carbocycles. The molecule has 1 aromatic rings. The molecule has 20 heavy (non-hydrogen) atoms. The number of amides is 1. The molecular weight excluding hydrogens is 250 g/mol. The van der Waals surface area contributed by atoms with E-state index in [4.69, 9.17) is 4.74 Å². The normalized spacial score (nSPS) is 22.1. The Kier molecular flexibility index (Phi) is 4.81. The molecule has 3 nitrogen and oxygen atoms in total. The van der Waals surface area contributed by atoms with E-state index in [1.165, 1.54) is 5.56 Å². The van der Waals surface area contributed by atoms with Gasteiger partial charge in [0.15, 0.2) is 0 Å². The largest absolute Gasteiger partial charge is 0.379 e. The molecule has 0 bridgehead atoms.